The van der Waals surface area contributed by atoms with Crippen molar-refractivity contribution < 1.29 is 0 Å². The second-order valence-corrected chi connectivity index (χ2v) is 16.7. The smallest absolute Gasteiger partial charge is 0.113 e. The van der Waals surface area contributed by atoms with E-state index in [1.165, 1.54) is 0 Å². The molecule has 0 atom stereocenters. The molecule has 2 aliphatic rings. The number of hydrogen-bond donors (Lipinski definition) is 0. The van der Waals surface area contributed by atoms with E-state index in [1.54, 1.807) is 0 Å². The summed E-state index contributed by atoms with van der Waals surface area (Å²) in [6, 6.07) is 80.4. The van der Waals surface area contributed by atoms with Gasteiger partial charge in [0.25, 0.3) is 0 Å². The van der Waals surface area contributed by atoms with Gasteiger partial charge in [0, 0.05) is 33.9 Å². The third-order valence-electron chi connectivity index (χ3n) is 12.7. The van der Waals surface area contributed by atoms with E-state index in [0.29, 0.717) is 0 Å². The van der Waals surface area contributed by atoms with Gasteiger partial charge in [0.1, 0.15) is 11.4 Å². The predicted molar refractivity (Wildman–Crippen MR) is 273 cm³/mol. The van der Waals surface area contributed by atoms with Gasteiger partial charge in [0.15, 0.2) is 0 Å². The zero-order chi connectivity index (χ0) is 45.0. The first-order chi connectivity index (χ1) is 33.7. The molecular weight excluding hydrogens is 837 g/mol. The number of para-hydroxylation sites is 10. The molecule has 9 aromatic carbocycles. The molecule has 2 aromatic heterocycles. The van der Waals surface area contributed by atoms with Crippen LogP contribution in [0.25, 0.3) is 33.9 Å². The largest absolute Gasteiger partial charge is 0.306 e. The predicted octanol–water partition coefficient (Wildman–Crippen LogP) is 14.7. The molecule has 0 amide bonds. The van der Waals surface area contributed by atoms with Gasteiger partial charge in [0.05, 0.1) is 69.3 Å². The van der Waals surface area contributed by atoms with Crippen LogP contribution < -0.4 is 19.6 Å². The maximum absolute atomic E-state index is 4.60. The lowest BCUT2D eigenvalue weighted by Crippen LogP contribution is -2.23. The normalized spacial score (nSPS) is 12.6. The average molecular weight is 877 g/mol. The van der Waals surface area contributed by atoms with Crippen molar-refractivity contribution in [2.24, 2.45) is 0 Å². The standard InChI is InChI=1S/C58H40N10/c1-3-18-45(19-4-1)65-51-22-7-11-26-55(51)67(56-27-12-8-23-52(56)65)47-34-30-43(31-35-47)63-39-49(59-61-63)41-16-15-17-42(38-41)50-40-64(62-60-50)44-32-36-48(37-33-44)68-57-28-13-9-24-53(57)66(46-20-5-2-6-21-46)54-25-10-14-29-58(54)68/h1-40H. The lowest BCUT2D eigenvalue weighted by Gasteiger charge is -2.40. The average Bonchev–Trinajstić information content (AvgIpc) is 4.12. The van der Waals surface area contributed by atoms with Crippen LogP contribution in [0.5, 0.6) is 0 Å². The van der Waals surface area contributed by atoms with Crippen LogP contribution in [-0.4, -0.2) is 30.0 Å². The SMILES string of the molecule is c1ccc(N2c3ccccc3N(c3ccc(-n4cc(-c5cccc(-c6cn(-c7ccc(N8c9ccccc9N(c9ccccc9)c9ccccc98)cc7)nn6)c5)nn4)cc3)c3ccccc32)cc1. The lowest BCUT2D eigenvalue weighted by molar-refractivity contribution is 0.803. The molecule has 10 heteroatoms. The van der Waals surface area contributed by atoms with Crippen molar-refractivity contribution in [2.75, 3.05) is 19.6 Å². The van der Waals surface area contributed by atoms with E-state index in [2.05, 4.69) is 253 Å². The third-order valence-corrected chi connectivity index (χ3v) is 12.7. The highest BCUT2D eigenvalue weighted by molar-refractivity contribution is 6.03. The molecule has 2 aliphatic heterocycles. The molecule has 0 unspecified atom stereocenters. The molecule has 0 saturated heterocycles. The third kappa shape index (κ3) is 6.58. The summed E-state index contributed by atoms with van der Waals surface area (Å²) >= 11 is 0. The summed E-state index contributed by atoms with van der Waals surface area (Å²) in [5.74, 6) is 0. The fraction of sp³-hybridized carbons (Fsp3) is 0. The van der Waals surface area contributed by atoms with Crippen molar-refractivity contribution in [3.8, 4) is 33.9 Å². The summed E-state index contributed by atoms with van der Waals surface area (Å²) in [4.78, 5) is 9.31. The highest BCUT2D eigenvalue weighted by atomic mass is 15.4. The van der Waals surface area contributed by atoms with Crippen molar-refractivity contribution in [3.63, 3.8) is 0 Å². The van der Waals surface area contributed by atoms with Gasteiger partial charge in [-0.05, 0) is 127 Å². The Morgan fingerprint density at radius 3 is 0.809 bits per heavy atom. The first-order valence-corrected chi connectivity index (χ1v) is 22.6. The molecule has 68 heavy (non-hydrogen) atoms. The summed E-state index contributed by atoms with van der Waals surface area (Å²) in [7, 11) is 0. The first kappa shape index (κ1) is 38.9. The van der Waals surface area contributed by atoms with E-state index in [4.69, 9.17) is 0 Å². The lowest BCUT2D eigenvalue weighted by atomic mass is 10.0. The molecule has 0 aliphatic carbocycles. The maximum atomic E-state index is 4.60. The number of nitrogens with zero attached hydrogens (tertiary/aromatic N) is 10. The van der Waals surface area contributed by atoms with E-state index >= 15 is 0 Å². The molecule has 0 N–H and O–H groups in total. The Bertz CT molecular complexity index is 3270. The Balaban J connectivity index is 0.747. The second kappa shape index (κ2) is 16.2. The van der Waals surface area contributed by atoms with Crippen LogP contribution in [0.3, 0.4) is 0 Å². The Kier molecular flexibility index (Phi) is 9.24. The van der Waals surface area contributed by atoms with Gasteiger partial charge in [0.2, 0.25) is 0 Å². The van der Waals surface area contributed by atoms with E-state index in [9.17, 15) is 0 Å². The van der Waals surface area contributed by atoms with Crippen molar-refractivity contribution in [2.45, 2.75) is 0 Å². The van der Waals surface area contributed by atoms with E-state index in [-0.39, 0.29) is 0 Å². The monoisotopic (exact) mass is 876 g/mol. The summed E-state index contributed by atoms with van der Waals surface area (Å²) in [5, 5.41) is 18.3. The van der Waals surface area contributed by atoms with Gasteiger partial charge in [-0.1, -0.05) is 114 Å². The minimum atomic E-state index is 0.756. The number of fused-ring (bicyclic) bond motifs is 4. The first-order valence-electron chi connectivity index (χ1n) is 22.6. The van der Waals surface area contributed by atoms with E-state index in [1.807, 2.05) is 40.0 Å². The van der Waals surface area contributed by atoms with Crippen molar-refractivity contribution >= 4 is 68.2 Å². The topological polar surface area (TPSA) is 74.4 Å². The van der Waals surface area contributed by atoms with Gasteiger partial charge in [-0.15, -0.1) is 10.2 Å². The number of benzene rings is 9. The van der Waals surface area contributed by atoms with Crippen molar-refractivity contribution in [1.29, 1.82) is 0 Å². The molecule has 10 nitrogen and oxygen atoms in total. The second-order valence-electron chi connectivity index (χ2n) is 16.7. The molecule has 0 spiro atoms. The number of rotatable bonds is 8. The van der Waals surface area contributed by atoms with Gasteiger partial charge >= 0.3 is 0 Å². The Hall–Kier alpha value is -9.54. The minimum Gasteiger partial charge on any atom is -0.306 e. The van der Waals surface area contributed by atoms with Crippen molar-refractivity contribution in [1.82, 2.24) is 30.0 Å². The van der Waals surface area contributed by atoms with Crippen LogP contribution in [-0.2, 0) is 0 Å². The van der Waals surface area contributed by atoms with Crippen LogP contribution in [0.4, 0.5) is 68.2 Å². The molecule has 0 fully saturated rings. The van der Waals surface area contributed by atoms with Gasteiger partial charge in [-0.2, -0.15) is 0 Å². The van der Waals surface area contributed by atoms with Crippen LogP contribution in [0.2, 0.25) is 0 Å². The summed E-state index contributed by atoms with van der Waals surface area (Å²) in [6.45, 7) is 0. The molecule has 13 rings (SSSR count). The van der Waals surface area contributed by atoms with Gasteiger partial charge < -0.3 is 19.6 Å². The molecule has 322 valence electrons. The van der Waals surface area contributed by atoms with Crippen LogP contribution in [0, 0.1) is 0 Å². The Labute approximate surface area is 393 Å². The number of hydrogen-bond acceptors (Lipinski definition) is 8. The minimum absolute atomic E-state index is 0.756. The van der Waals surface area contributed by atoms with Crippen LogP contribution in [0.1, 0.15) is 0 Å². The molecule has 4 heterocycles. The van der Waals surface area contributed by atoms with Gasteiger partial charge in [-0.3, -0.25) is 0 Å². The molecule has 0 bridgehead atoms. The zero-order valence-corrected chi connectivity index (χ0v) is 36.6. The van der Waals surface area contributed by atoms with Crippen LogP contribution >= 0.6 is 0 Å². The molecule has 0 radical (unpaired) electrons. The number of aromatic nitrogens is 6. The summed E-state index contributed by atoms with van der Waals surface area (Å²) < 4.78 is 3.64. The van der Waals surface area contributed by atoms with Crippen molar-refractivity contribution in [3.05, 3.63) is 243 Å². The van der Waals surface area contributed by atoms with Gasteiger partial charge in [-0.25, -0.2) is 9.36 Å². The summed E-state index contributed by atoms with van der Waals surface area (Å²) in [6.07, 6.45) is 3.93. The Morgan fingerprint density at radius 1 is 0.235 bits per heavy atom. The molecule has 0 saturated carbocycles. The highest BCUT2D eigenvalue weighted by Crippen LogP contribution is 2.55. The fourth-order valence-electron chi connectivity index (χ4n) is 9.55. The molecule has 11 aromatic rings. The quantitative estimate of drug-likeness (QED) is 0.149. The number of anilines is 12. The molecular formula is C58H40N10. The Morgan fingerprint density at radius 2 is 0.500 bits per heavy atom. The summed E-state index contributed by atoms with van der Waals surface area (Å²) in [5.41, 5.74) is 18.4. The van der Waals surface area contributed by atoms with Crippen LogP contribution in [0.15, 0.2) is 243 Å². The fourth-order valence-corrected chi connectivity index (χ4v) is 9.55. The zero-order valence-electron chi connectivity index (χ0n) is 36.6. The highest BCUT2D eigenvalue weighted by Gasteiger charge is 2.31. The maximum Gasteiger partial charge on any atom is 0.113 e. The van der Waals surface area contributed by atoms with E-state index < -0.39 is 0 Å². The van der Waals surface area contributed by atoms with E-state index in [0.717, 1.165) is 102 Å².